The molecule has 11 nitrogen and oxygen atoms in total. The third-order valence-electron chi connectivity index (χ3n) is 4.92. The number of aliphatic carboxylic acids is 1. The topological polar surface area (TPSA) is 171 Å². The molecule has 2 amide bonds. The van der Waals surface area contributed by atoms with Crippen LogP contribution in [-0.2, 0) is 14.4 Å². The standard InChI is InChI=1S/C17H16N6O5S3.Na.H/c18-16-20-9(4-29-16)10(22-28)12(24)21-11-13(25)23-5-17(15(26)27,6-30-14(11)23)2-1-8-3-19-7-31-8;;/h1-4,7,11,14,28H,5-6H2,(H2,18,20)(H,21,24)(H,26,27);;/q;+1;-1/t11?,14-,17?;;/m1../s1. The molecule has 0 spiro atoms. The van der Waals surface area contributed by atoms with E-state index >= 15 is 0 Å². The number of carboxylic acid groups (broad SMARTS) is 1. The Morgan fingerprint density at radius 2 is 2.22 bits per heavy atom. The fourth-order valence-corrected chi connectivity index (χ4v) is 5.84. The number of fused-ring (bicyclic) bond motifs is 1. The minimum Gasteiger partial charge on any atom is -1.00 e. The van der Waals surface area contributed by atoms with Crippen molar-refractivity contribution in [3.63, 3.8) is 0 Å². The van der Waals surface area contributed by atoms with Gasteiger partial charge in [-0.05, 0) is 6.08 Å². The second-order valence-corrected chi connectivity index (χ2v) is 9.75. The van der Waals surface area contributed by atoms with E-state index in [9.17, 15) is 24.7 Å². The van der Waals surface area contributed by atoms with Gasteiger partial charge in [-0.2, -0.15) is 0 Å². The number of hydrogen-bond donors (Lipinski definition) is 4. The molecule has 164 valence electrons. The Hall–Kier alpha value is -1.97. The second kappa shape index (κ2) is 9.89. The van der Waals surface area contributed by atoms with Crippen molar-refractivity contribution in [2.45, 2.75) is 11.4 Å². The van der Waals surface area contributed by atoms with E-state index in [2.05, 4.69) is 20.4 Å². The Morgan fingerprint density at radius 3 is 2.81 bits per heavy atom. The van der Waals surface area contributed by atoms with Crippen molar-refractivity contribution in [3.8, 4) is 0 Å². The number of rotatable bonds is 6. The van der Waals surface area contributed by atoms with Crippen molar-refractivity contribution in [1.82, 2.24) is 20.2 Å². The number of carboxylic acids is 1. The van der Waals surface area contributed by atoms with Gasteiger partial charge in [0.15, 0.2) is 10.8 Å². The Bertz CT molecular complexity index is 1100. The van der Waals surface area contributed by atoms with E-state index < -0.39 is 34.6 Å². The maximum absolute atomic E-state index is 12.7. The van der Waals surface area contributed by atoms with E-state index in [4.69, 9.17) is 5.73 Å². The van der Waals surface area contributed by atoms with E-state index in [0.717, 1.165) is 16.2 Å². The van der Waals surface area contributed by atoms with Crippen LogP contribution >= 0.6 is 34.4 Å². The van der Waals surface area contributed by atoms with Gasteiger partial charge in [0.25, 0.3) is 5.91 Å². The summed E-state index contributed by atoms with van der Waals surface area (Å²) in [5.41, 5.74) is 5.69. The van der Waals surface area contributed by atoms with Gasteiger partial charge in [0.2, 0.25) is 5.91 Å². The van der Waals surface area contributed by atoms with Crippen LogP contribution in [0.5, 0.6) is 0 Å². The van der Waals surface area contributed by atoms with Crippen LogP contribution in [0.1, 0.15) is 12.0 Å². The second-order valence-electron chi connectivity index (χ2n) is 6.84. The first-order chi connectivity index (χ1) is 14.8. The molecule has 0 bridgehead atoms. The molecule has 4 rings (SSSR count). The Kier molecular flexibility index (Phi) is 7.62. The maximum Gasteiger partial charge on any atom is 1.00 e. The molecule has 0 radical (unpaired) electrons. The molecule has 32 heavy (non-hydrogen) atoms. The van der Waals surface area contributed by atoms with Crippen molar-refractivity contribution in [3.05, 3.63) is 33.7 Å². The SMILES string of the molecule is Nc1nc(C(=NO)C(=O)NC2C(=O)N3CC(C=Cc4cncs4)(C(=O)O)CS[C@H]23)cs1.[H-].[Na+]. The summed E-state index contributed by atoms with van der Waals surface area (Å²) >= 11 is 3.73. The van der Waals surface area contributed by atoms with Gasteiger partial charge in [-0.1, -0.05) is 11.2 Å². The zero-order valence-electron chi connectivity index (χ0n) is 17.7. The Labute approximate surface area is 217 Å². The molecule has 0 saturated carbocycles. The summed E-state index contributed by atoms with van der Waals surface area (Å²) < 4.78 is 0. The molecule has 3 atom stereocenters. The number of amides is 2. The minimum atomic E-state index is -1.24. The van der Waals surface area contributed by atoms with E-state index in [1.807, 2.05) is 0 Å². The number of thioether (sulfide) groups is 1. The first kappa shape index (κ1) is 24.7. The van der Waals surface area contributed by atoms with Crippen LogP contribution in [0.3, 0.4) is 0 Å². The van der Waals surface area contributed by atoms with E-state index in [-0.39, 0.29) is 59.8 Å². The van der Waals surface area contributed by atoms with Gasteiger partial charge in [0.05, 0.1) is 5.51 Å². The van der Waals surface area contributed by atoms with Crippen LogP contribution in [0.4, 0.5) is 5.13 Å². The van der Waals surface area contributed by atoms with Crippen LogP contribution in [0.2, 0.25) is 0 Å². The fourth-order valence-electron chi connectivity index (χ4n) is 3.26. The number of anilines is 1. The van der Waals surface area contributed by atoms with Crippen LogP contribution < -0.4 is 40.6 Å². The third-order valence-corrected chi connectivity index (χ3v) is 7.88. The van der Waals surface area contributed by atoms with Crippen molar-refractivity contribution in [2.24, 2.45) is 10.6 Å². The van der Waals surface area contributed by atoms with Crippen molar-refractivity contribution >= 4 is 69.1 Å². The average Bonchev–Trinajstić information content (AvgIpc) is 3.42. The van der Waals surface area contributed by atoms with Gasteiger partial charge in [-0.3, -0.25) is 19.4 Å². The summed E-state index contributed by atoms with van der Waals surface area (Å²) in [6, 6.07) is -0.859. The summed E-state index contributed by atoms with van der Waals surface area (Å²) in [6.07, 6.45) is 4.92. The molecule has 2 aliphatic heterocycles. The number of thiazole rings is 2. The quantitative estimate of drug-likeness (QED) is 0.111. The number of nitrogens with one attached hydrogen (secondary N) is 1. The zero-order valence-corrected chi connectivity index (χ0v) is 21.1. The first-order valence-electron chi connectivity index (χ1n) is 8.82. The number of oxime groups is 1. The summed E-state index contributed by atoms with van der Waals surface area (Å²) in [7, 11) is 0. The molecule has 0 aromatic carbocycles. The molecule has 2 aromatic heterocycles. The monoisotopic (exact) mass is 504 g/mol. The van der Waals surface area contributed by atoms with Crippen LogP contribution in [0.25, 0.3) is 6.08 Å². The Morgan fingerprint density at radius 1 is 1.44 bits per heavy atom. The molecule has 2 aliphatic rings. The smallest absolute Gasteiger partial charge is 1.00 e. The number of nitrogens with two attached hydrogens (primary N) is 1. The molecule has 2 saturated heterocycles. The van der Waals surface area contributed by atoms with Gasteiger partial charge in [-0.25, -0.2) is 4.98 Å². The van der Waals surface area contributed by atoms with Crippen molar-refractivity contribution in [2.75, 3.05) is 18.0 Å². The predicted octanol–water partition coefficient (Wildman–Crippen LogP) is -2.34. The van der Waals surface area contributed by atoms with E-state index in [0.29, 0.717) is 0 Å². The van der Waals surface area contributed by atoms with Gasteiger partial charge in [-0.15, -0.1) is 34.4 Å². The molecule has 15 heteroatoms. The fraction of sp³-hybridized carbons (Fsp3) is 0.294. The van der Waals surface area contributed by atoms with E-state index in [1.165, 1.54) is 33.4 Å². The number of β-lactam (4-membered cyclic amide) rings is 1. The Balaban J connectivity index is 0.00000193. The number of nitrogen functional groups attached to an aromatic ring is 1. The van der Waals surface area contributed by atoms with Gasteiger partial charge < -0.3 is 27.7 Å². The van der Waals surface area contributed by atoms with Crippen LogP contribution in [-0.4, -0.2) is 72.4 Å². The third kappa shape index (κ3) is 4.56. The molecular formula is C17H17N6NaO5S3. The first-order valence-corrected chi connectivity index (χ1v) is 11.6. The summed E-state index contributed by atoms with van der Waals surface area (Å²) in [4.78, 5) is 47.3. The van der Waals surface area contributed by atoms with Crippen molar-refractivity contribution in [1.29, 1.82) is 0 Å². The maximum atomic E-state index is 12.7. The number of aromatic nitrogens is 2. The average molecular weight is 505 g/mol. The number of carbonyl (C=O) groups is 3. The zero-order chi connectivity index (χ0) is 22.2. The number of nitrogens with zero attached hydrogens (tertiary/aromatic N) is 4. The molecule has 2 fully saturated rings. The number of hydrogen-bond acceptors (Lipinski definition) is 11. The normalized spacial score (nSPS) is 25.1. The largest absolute Gasteiger partial charge is 1.00 e. The van der Waals surface area contributed by atoms with Crippen molar-refractivity contribution < 1.29 is 55.7 Å². The summed E-state index contributed by atoms with van der Waals surface area (Å²) in [6.45, 7) is -0.00985. The molecule has 0 aliphatic carbocycles. The summed E-state index contributed by atoms with van der Waals surface area (Å²) in [5.74, 6) is -1.98. The molecule has 2 unspecified atom stereocenters. The summed E-state index contributed by atoms with van der Waals surface area (Å²) in [5, 5.41) is 25.8. The minimum absolute atomic E-state index is 0. The molecule has 2 aromatic rings. The van der Waals surface area contributed by atoms with Crippen LogP contribution in [0, 0.1) is 5.41 Å². The predicted molar refractivity (Wildman–Crippen MR) is 117 cm³/mol. The van der Waals surface area contributed by atoms with E-state index in [1.54, 1.807) is 23.9 Å². The molecule has 5 N–H and O–H groups in total. The molecule has 4 heterocycles. The van der Waals surface area contributed by atoms with Gasteiger partial charge >= 0.3 is 35.5 Å². The number of carbonyl (C=O) groups excluding carboxylic acids is 2. The van der Waals surface area contributed by atoms with Gasteiger partial charge in [0.1, 0.15) is 22.5 Å². The van der Waals surface area contributed by atoms with Crippen LogP contribution in [0.15, 0.2) is 28.3 Å². The van der Waals surface area contributed by atoms with Gasteiger partial charge in [0, 0.05) is 28.8 Å². The molecular weight excluding hydrogens is 487 g/mol.